The highest BCUT2D eigenvalue weighted by Crippen LogP contribution is 2.63. The maximum atomic E-state index is 2.88. The molecule has 0 spiro atoms. The highest BCUT2D eigenvalue weighted by molar-refractivity contribution is 7.33. The lowest BCUT2D eigenvalue weighted by molar-refractivity contribution is -0.00514. The van der Waals surface area contributed by atoms with Crippen LogP contribution >= 0.6 is 11.3 Å². The van der Waals surface area contributed by atoms with Gasteiger partial charge in [-0.3, -0.25) is 0 Å². The average Bonchev–Trinajstić information content (AvgIpc) is 3.70. The van der Waals surface area contributed by atoms with Crippen LogP contribution in [0.5, 0.6) is 0 Å². The second-order valence-electron chi connectivity index (χ2n) is 31.2. The molecule has 4 bridgehead atoms. The first-order chi connectivity index (χ1) is 34.6. The van der Waals surface area contributed by atoms with Crippen LogP contribution in [-0.4, -0.2) is 6.71 Å². The van der Waals surface area contributed by atoms with Gasteiger partial charge in [-0.05, 0) is 248 Å². The van der Waals surface area contributed by atoms with E-state index >= 15 is 0 Å². The predicted molar refractivity (Wildman–Crippen MR) is 320 cm³/mol. The second kappa shape index (κ2) is 15.0. The number of rotatable bonds is 3. The first kappa shape index (κ1) is 48.1. The lowest BCUT2D eigenvalue weighted by atomic mass is 9.35. The van der Waals surface area contributed by atoms with Crippen molar-refractivity contribution in [2.24, 2.45) is 17.8 Å². The van der Waals surface area contributed by atoms with Crippen LogP contribution in [-0.2, 0) is 43.3 Å². The maximum absolute atomic E-state index is 2.88. The Labute approximate surface area is 450 Å². The Bertz CT molecular complexity index is 3360. The molecule has 0 amide bonds. The molecule has 384 valence electrons. The lowest BCUT2D eigenvalue weighted by Gasteiger charge is -2.57. The zero-order chi connectivity index (χ0) is 51.8. The minimum Gasteiger partial charge on any atom is -0.311 e. The van der Waals surface area contributed by atoms with Gasteiger partial charge in [-0.25, -0.2) is 0 Å². The molecule has 3 heterocycles. The maximum Gasteiger partial charge on any atom is 0.264 e. The van der Waals surface area contributed by atoms with E-state index in [9.17, 15) is 0 Å². The van der Waals surface area contributed by atoms with Crippen molar-refractivity contribution < 1.29 is 0 Å². The van der Waals surface area contributed by atoms with Gasteiger partial charge in [0.05, 0.1) is 5.69 Å². The summed E-state index contributed by atoms with van der Waals surface area (Å²) in [7, 11) is 0. The average molecular weight is 997 g/mol. The van der Waals surface area contributed by atoms with E-state index in [0.29, 0.717) is 0 Å². The number of nitrogens with zero attached hydrogens (tertiary/aromatic N) is 2. The minimum atomic E-state index is -0.00359. The summed E-state index contributed by atoms with van der Waals surface area (Å²) in [6.45, 7) is 37.5. The minimum absolute atomic E-state index is 0.00359. The van der Waals surface area contributed by atoms with Crippen LogP contribution in [0.2, 0.25) is 0 Å². The molecule has 0 saturated heterocycles. The van der Waals surface area contributed by atoms with Crippen LogP contribution in [0.3, 0.4) is 0 Å². The van der Waals surface area contributed by atoms with Crippen LogP contribution in [0, 0.1) is 17.8 Å². The standard InChI is InChI=1S/C70H85BN2S/c1-63(2,3)44-16-21-56-55(31-44)71-60-57(72(56)46-17-19-49-51(34-46)66(8,9)24-22-64(49,4)5)32-45(70-38-41-28-42(39-70)30-43(29-41)40-70)33-58(60)73(47-18-20-50-52(35-47)67(10,11)25-23-65(50,6)7)61-48-36-53-54(37-59(48)74-62(61)71)69(14,15)27-26-68(53,12)13/h16-21,31-37,41-43H,22-30,38-40H2,1-15H3. The molecule has 0 radical (unpaired) electrons. The fourth-order valence-electron chi connectivity index (χ4n) is 17.8. The number of hydrogen-bond donors (Lipinski definition) is 0. The molecule has 4 heteroatoms. The molecular formula is C70H85BN2S. The summed E-state index contributed by atoms with van der Waals surface area (Å²) in [6, 6.07) is 34.3. The van der Waals surface area contributed by atoms with Crippen LogP contribution in [0.15, 0.2) is 78.9 Å². The Balaban J connectivity index is 1.12. The largest absolute Gasteiger partial charge is 0.311 e. The highest BCUT2D eigenvalue weighted by atomic mass is 32.1. The lowest BCUT2D eigenvalue weighted by Crippen LogP contribution is -2.61. The number of benzene rings is 5. The molecule has 9 aliphatic rings. The van der Waals surface area contributed by atoms with Gasteiger partial charge in [0.15, 0.2) is 0 Å². The van der Waals surface area contributed by atoms with E-state index in [4.69, 9.17) is 0 Å². The van der Waals surface area contributed by atoms with E-state index in [1.165, 1.54) is 154 Å². The van der Waals surface area contributed by atoms with Crippen molar-refractivity contribution in [3.63, 3.8) is 0 Å². The van der Waals surface area contributed by atoms with Crippen LogP contribution in [0.25, 0.3) is 10.1 Å². The van der Waals surface area contributed by atoms with Gasteiger partial charge >= 0.3 is 0 Å². The third kappa shape index (κ3) is 6.79. The van der Waals surface area contributed by atoms with Crippen LogP contribution in [0.4, 0.5) is 34.1 Å². The van der Waals surface area contributed by atoms with Crippen molar-refractivity contribution in [3.8, 4) is 0 Å². The Morgan fingerprint density at radius 1 is 0.473 bits per heavy atom. The van der Waals surface area contributed by atoms with E-state index in [1.807, 2.05) is 0 Å². The van der Waals surface area contributed by atoms with Crippen molar-refractivity contribution in [3.05, 3.63) is 123 Å². The second-order valence-corrected chi connectivity index (χ2v) is 32.3. The van der Waals surface area contributed by atoms with Crippen molar-refractivity contribution in [2.45, 2.75) is 224 Å². The number of anilines is 6. The summed E-state index contributed by atoms with van der Waals surface area (Å²) in [5.74, 6) is 2.57. The Kier molecular flexibility index (Phi) is 9.79. The number of thiophene rings is 1. The van der Waals surface area contributed by atoms with Crippen molar-refractivity contribution in [1.82, 2.24) is 0 Å². The molecule has 1 aromatic heterocycles. The fourth-order valence-corrected chi connectivity index (χ4v) is 19.1. The van der Waals surface area contributed by atoms with Crippen molar-refractivity contribution in [2.75, 3.05) is 9.80 Å². The molecule has 74 heavy (non-hydrogen) atoms. The zero-order valence-corrected chi connectivity index (χ0v) is 48.9. The summed E-state index contributed by atoms with van der Waals surface area (Å²) in [5.41, 5.74) is 24.6. The summed E-state index contributed by atoms with van der Waals surface area (Å²) >= 11 is 2.12. The summed E-state index contributed by atoms with van der Waals surface area (Å²) in [5, 5.41) is 1.45. The first-order valence-electron chi connectivity index (χ1n) is 29.5. The van der Waals surface area contributed by atoms with Gasteiger partial charge in [0.25, 0.3) is 6.71 Å². The molecule has 0 N–H and O–H groups in total. The van der Waals surface area contributed by atoms with Gasteiger partial charge in [0, 0.05) is 43.3 Å². The monoisotopic (exact) mass is 997 g/mol. The molecule has 7 aliphatic carbocycles. The summed E-state index contributed by atoms with van der Waals surface area (Å²) < 4.78 is 2.97. The first-order valence-corrected chi connectivity index (χ1v) is 30.3. The third-order valence-corrected chi connectivity index (χ3v) is 23.5. The van der Waals surface area contributed by atoms with Gasteiger partial charge in [-0.2, -0.15) is 0 Å². The third-order valence-electron chi connectivity index (χ3n) is 22.3. The fraction of sp³-hybridized carbons (Fsp3) is 0.543. The van der Waals surface area contributed by atoms with Gasteiger partial charge in [-0.1, -0.05) is 128 Å². The predicted octanol–water partition coefficient (Wildman–Crippen LogP) is 17.8. The molecule has 0 unspecified atom stereocenters. The van der Waals surface area contributed by atoms with E-state index in [2.05, 4.69) is 204 Å². The quantitative estimate of drug-likeness (QED) is 0.163. The normalized spacial score (nSPS) is 27.5. The van der Waals surface area contributed by atoms with Gasteiger partial charge in [0.1, 0.15) is 0 Å². The Morgan fingerprint density at radius 2 is 0.919 bits per heavy atom. The topological polar surface area (TPSA) is 6.48 Å². The van der Waals surface area contributed by atoms with Gasteiger partial charge < -0.3 is 9.80 Å². The molecule has 6 aromatic rings. The van der Waals surface area contributed by atoms with E-state index in [0.717, 1.165) is 17.8 Å². The zero-order valence-electron chi connectivity index (χ0n) is 48.1. The van der Waals surface area contributed by atoms with Gasteiger partial charge in [0.2, 0.25) is 0 Å². The molecule has 4 saturated carbocycles. The number of fused-ring (bicyclic) bond motifs is 9. The van der Waals surface area contributed by atoms with Crippen LogP contribution < -0.4 is 25.5 Å². The van der Waals surface area contributed by atoms with Gasteiger partial charge in [-0.15, -0.1) is 11.3 Å². The highest BCUT2D eigenvalue weighted by Gasteiger charge is 2.54. The Morgan fingerprint density at radius 3 is 1.42 bits per heavy atom. The van der Waals surface area contributed by atoms with Crippen molar-refractivity contribution in [1.29, 1.82) is 0 Å². The van der Waals surface area contributed by atoms with Crippen molar-refractivity contribution >= 4 is 78.0 Å². The summed E-state index contributed by atoms with van der Waals surface area (Å²) in [4.78, 5) is 5.69. The molecule has 2 aliphatic heterocycles. The number of hydrogen-bond acceptors (Lipinski definition) is 3. The molecular weight excluding hydrogens is 912 g/mol. The molecule has 5 aromatic carbocycles. The smallest absolute Gasteiger partial charge is 0.264 e. The van der Waals surface area contributed by atoms with E-state index in [-0.39, 0.29) is 50.0 Å². The molecule has 15 rings (SSSR count). The Hall–Kier alpha value is -4.28. The summed E-state index contributed by atoms with van der Waals surface area (Å²) in [6.07, 6.45) is 15.7. The van der Waals surface area contributed by atoms with E-state index in [1.54, 1.807) is 27.8 Å². The SMILES string of the molecule is CC(C)(C)c1ccc2c(c1)B1c3sc4cc5c(cc4c3N(c3ccc4c(c3)C(C)(C)CCC4(C)C)c3cc(C46CC7CC(CC(C7)C4)C6)cc(c31)N2c1ccc2c(c1)C(C)(C)CCC2(C)C)C(C)(C)CCC5(C)C. The molecule has 0 atom stereocenters. The van der Waals surface area contributed by atoms with Crippen LogP contribution in [0.1, 0.15) is 225 Å². The van der Waals surface area contributed by atoms with E-state index < -0.39 is 0 Å². The molecule has 4 fully saturated rings. The molecule has 2 nitrogen and oxygen atoms in total.